The Hall–Kier alpha value is -2.61. The molecule has 0 spiro atoms. The van der Waals surface area contributed by atoms with Gasteiger partial charge in [0.05, 0.1) is 24.1 Å². The van der Waals surface area contributed by atoms with Gasteiger partial charge in [0.25, 0.3) is 0 Å². The van der Waals surface area contributed by atoms with Crippen molar-refractivity contribution in [1.29, 1.82) is 0 Å². The highest BCUT2D eigenvalue weighted by Crippen LogP contribution is 2.31. The van der Waals surface area contributed by atoms with Crippen molar-refractivity contribution in [3.63, 3.8) is 0 Å². The van der Waals surface area contributed by atoms with E-state index in [2.05, 4.69) is 16.8 Å². The first-order valence-corrected chi connectivity index (χ1v) is 11.0. The Balaban J connectivity index is 1.51. The smallest absolute Gasteiger partial charge is 0.410 e. The molecule has 2 aliphatic rings. The van der Waals surface area contributed by atoms with Crippen LogP contribution in [0.2, 0.25) is 0 Å². The van der Waals surface area contributed by atoms with Crippen LogP contribution in [-0.4, -0.2) is 72.1 Å². The van der Waals surface area contributed by atoms with Crippen LogP contribution in [0, 0.1) is 5.92 Å². The number of piperidine rings is 1. The molecule has 2 aromatic heterocycles. The van der Waals surface area contributed by atoms with Crippen LogP contribution in [0.1, 0.15) is 34.1 Å². The Morgan fingerprint density at radius 3 is 2.71 bits per heavy atom. The zero-order chi connectivity index (χ0) is 22.0. The number of carbonyl (C=O) groups excluding carboxylic acids is 1. The number of morpholine rings is 1. The Morgan fingerprint density at radius 2 is 2.00 bits per heavy atom. The highest BCUT2D eigenvalue weighted by molar-refractivity contribution is 5.85. The maximum absolute atomic E-state index is 12.4. The third kappa shape index (κ3) is 5.18. The molecule has 2 unspecified atom stereocenters. The normalized spacial score (nSPS) is 22.5. The molecule has 0 bridgehead atoms. The molecule has 0 saturated carbocycles. The molecule has 168 valence electrons. The first-order valence-electron chi connectivity index (χ1n) is 11.0. The topological polar surface area (TPSA) is 77.0 Å². The molecule has 0 N–H and O–H groups in total. The molecule has 4 heterocycles. The summed E-state index contributed by atoms with van der Waals surface area (Å²) in [7, 11) is 0. The van der Waals surface area contributed by atoms with Gasteiger partial charge in [0.1, 0.15) is 17.5 Å². The lowest BCUT2D eigenvalue weighted by Crippen LogP contribution is -2.48. The SMILES string of the molecule is CC1CN(C(=O)OC(C)(C)C)CCC1Oc1nc(N2CCOCC2)cc2ncccc12. The van der Waals surface area contributed by atoms with E-state index in [4.69, 9.17) is 19.2 Å². The lowest BCUT2D eigenvalue weighted by Gasteiger charge is -2.37. The number of nitrogens with zero attached hydrogens (tertiary/aromatic N) is 4. The van der Waals surface area contributed by atoms with Crippen LogP contribution < -0.4 is 9.64 Å². The Labute approximate surface area is 183 Å². The third-order valence-electron chi connectivity index (χ3n) is 5.63. The lowest BCUT2D eigenvalue weighted by molar-refractivity contribution is -0.0000673. The Bertz CT molecular complexity index is 923. The van der Waals surface area contributed by atoms with Crippen molar-refractivity contribution in [1.82, 2.24) is 14.9 Å². The van der Waals surface area contributed by atoms with Crippen molar-refractivity contribution in [2.24, 2.45) is 5.92 Å². The summed E-state index contributed by atoms with van der Waals surface area (Å²) in [6, 6.07) is 5.91. The number of ether oxygens (including phenoxy) is 3. The van der Waals surface area contributed by atoms with Crippen LogP contribution in [0.25, 0.3) is 10.9 Å². The Morgan fingerprint density at radius 1 is 1.23 bits per heavy atom. The maximum Gasteiger partial charge on any atom is 0.410 e. The molecule has 1 amide bonds. The fraction of sp³-hybridized carbons (Fsp3) is 0.609. The van der Waals surface area contributed by atoms with E-state index >= 15 is 0 Å². The van der Waals surface area contributed by atoms with Gasteiger partial charge in [-0.15, -0.1) is 0 Å². The summed E-state index contributed by atoms with van der Waals surface area (Å²) in [4.78, 5) is 25.8. The first-order chi connectivity index (χ1) is 14.8. The van der Waals surface area contributed by atoms with Gasteiger partial charge in [0.15, 0.2) is 0 Å². The van der Waals surface area contributed by atoms with E-state index in [1.165, 1.54) is 0 Å². The van der Waals surface area contributed by atoms with Crippen molar-refractivity contribution in [2.75, 3.05) is 44.3 Å². The van der Waals surface area contributed by atoms with Gasteiger partial charge in [-0.1, -0.05) is 6.92 Å². The van der Waals surface area contributed by atoms with Crippen LogP contribution >= 0.6 is 0 Å². The van der Waals surface area contributed by atoms with Crippen molar-refractivity contribution < 1.29 is 19.0 Å². The van der Waals surface area contributed by atoms with Gasteiger partial charge in [-0.05, 0) is 32.9 Å². The van der Waals surface area contributed by atoms with Gasteiger partial charge in [-0.25, -0.2) is 4.79 Å². The number of anilines is 1. The molecule has 8 heteroatoms. The monoisotopic (exact) mass is 428 g/mol. The van der Waals surface area contributed by atoms with E-state index in [1.807, 2.05) is 39.0 Å². The molecule has 2 fully saturated rings. The van der Waals surface area contributed by atoms with E-state index in [-0.39, 0.29) is 18.1 Å². The van der Waals surface area contributed by atoms with Gasteiger partial charge in [0.2, 0.25) is 5.88 Å². The molecule has 8 nitrogen and oxygen atoms in total. The van der Waals surface area contributed by atoms with Gasteiger partial charge in [-0.3, -0.25) is 4.98 Å². The molecule has 4 rings (SSSR count). The standard InChI is InChI=1S/C23H32N4O4/c1-16-15-27(22(28)31-23(2,3)4)9-7-19(16)30-21-17-6-5-8-24-18(17)14-20(25-21)26-10-12-29-13-11-26/h5-6,8,14,16,19H,7,9-13,15H2,1-4H3. The van der Waals surface area contributed by atoms with Crippen molar-refractivity contribution >= 4 is 22.8 Å². The lowest BCUT2D eigenvalue weighted by atomic mass is 9.96. The predicted octanol–water partition coefficient (Wildman–Crippen LogP) is 3.49. The van der Waals surface area contributed by atoms with E-state index in [1.54, 1.807) is 11.1 Å². The molecule has 0 radical (unpaired) electrons. The van der Waals surface area contributed by atoms with Crippen molar-refractivity contribution in [3.8, 4) is 5.88 Å². The van der Waals surface area contributed by atoms with E-state index in [0.29, 0.717) is 32.2 Å². The average molecular weight is 429 g/mol. The van der Waals surface area contributed by atoms with Crippen LogP contribution in [0.4, 0.5) is 10.6 Å². The number of fused-ring (bicyclic) bond motifs is 1. The number of hydrogen-bond acceptors (Lipinski definition) is 7. The number of pyridine rings is 2. The molecule has 31 heavy (non-hydrogen) atoms. The third-order valence-corrected chi connectivity index (χ3v) is 5.63. The second kappa shape index (κ2) is 8.86. The highest BCUT2D eigenvalue weighted by Gasteiger charge is 2.33. The van der Waals surface area contributed by atoms with Crippen LogP contribution in [0.3, 0.4) is 0 Å². The summed E-state index contributed by atoms with van der Waals surface area (Å²) in [5.74, 6) is 1.62. The molecule has 2 atom stereocenters. The van der Waals surface area contributed by atoms with E-state index in [0.717, 1.165) is 36.2 Å². The molecule has 0 aromatic carbocycles. The minimum atomic E-state index is -0.497. The minimum absolute atomic E-state index is 0.0328. The summed E-state index contributed by atoms with van der Waals surface area (Å²) >= 11 is 0. The van der Waals surface area contributed by atoms with Crippen LogP contribution in [-0.2, 0) is 9.47 Å². The second-order valence-electron chi connectivity index (χ2n) is 9.30. The van der Waals surface area contributed by atoms with Gasteiger partial charge in [0, 0.05) is 50.8 Å². The summed E-state index contributed by atoms with van der Waals surface area (Å²) in [6.07, 6.45) is 2.22. The number of likely N-dealkylation sites (tertiary alicyclic amines) is 1. The van der Waals surface area contributed by atoms with E-state index in [9.17, 15) is 4.79 Å². The van der Waals surface area contributed by atoms with Gasteiger partial charge < -0.3 is 24.0 Å². The Kier molecular flexibility index (Phi) is 6.18. The molecule has 2 aromatic rings. The first kappa shape index (κ1) is 21.6. The fourth-order valence-corrected chi connectivity index (χ4v) is 4.01. The molecule has 2 saturated heterocycles. The summed E-state index contributed by atoms with van der Waals surface area (Å²) in [5, 5.41) is 0.904. The number of hydrogen-bond donors (Lipinski definition) is 0. The zero-order valence-corrected chi connectivity index (χ0v) is 18.8. The summed E-state index contributed by atoms with van der Waals surface area (Å²) < 4.78 is 17.5. The van der Waals surface area contributed by atoms with Crippen molar-refractivity contribution in [2.45, 2.75) is 45.8 Å². The maximum atomic E-state index is 12.4. The zero-order valence-electron chi connectivity index (χ0n) is 18.8. The van der Waals surface area contributed by atoms with Gasteiger partial charge >= 0.3 is 6.09 Å². The highest BCUT2D eigenvalue weighted by atomic mass is 16.6. The number of amides is 1. The predicted molar refractivity (Wildman–Crippen MR) is 119 cm³/mol. The molecule has 0 aliphatic carbocycles. The number of rotatable bonds is 3. The number of carbonyl (C=O) groups is 1. The molecule has 2 aliphatic heterocycles. The summed E-state index contributed by atoms with van der Waals surface area (Å²) in [5.41, 5.74) is 0.372. The van der Waals surface area contributed by atoms with Crippen molar-refractivity contribution in [3.05, 3.63) is 24.4 Å². The largest absolute Gasteiger partial charge is 0.473 e. The van der Waals surface area contributed by atoms with Crippen LogP contribution in [0.15, 0.2) is 24.4 Å². The second-order valence-corrected chi connectivity index (χ2v) is 9.30. The quantitative estimate of drug-likeness (QED) is 0.741. The van der Waals surface area contributed by atoms with E-state index < -0.39 is 5.60 Å². The molecular formula is C23H32N4O4. The fourth-order valence-electron chi connectivity index (χ4n) is 4.01. The molecular weight excluding hydrogens is 396 g/mol. The van der Waals surface area contributed by atoms with Gasteiger partial charge in [-0.2, -0.15) is 4.98 Å². The van der Waals surface area contributed by atoms with Crippen LogP contribution in [0.5, 0.6) is 5.88 Å². The number of aromatic nitrogens is 2. The summed E-state index contributed by atoms with van der Waals surface area (Å²) in [6.45, 7) is 11.9. The minimum Gasteiger partial charge on any atom is -0.473 e. The average Bonchev–Trinajstić information content (AvgIpc) is 2.74.